The van der Waals surface area contributed by atoms with Crippen molar-refractivity contribution in [3.63, 3.8) is 0 Å². The van der Waals surface area contributed by atoms with Gasteiger partial charge in [-0.25, -0.2) is 0 Å². The van der Waals surface area contributed by atoms with Crippen molar-refractivity contribution in [1.82, 2.24) is 5.32 Å². The van der Waals surface area contributed by atoms with Crippen LogP contribution in [-0.4, -0.2) is 12.1 Å². The molecule has 0 spiro atoms. The van der Waals surface area contributed by atoms with Crippen LogP contribution in [0.25, 0.3) is 0 Å². The van der Waals surface area contributed by atoms with Crippen LogP contribution in [-0.2, 0) is 6.42 Å². The Morgan fingerprint density at radius 1 is 1.35 bits per heavy atom. The number of halogens is 1. The van der Waals surface area contributed by atoms with E-state index in [-0.39, 0.29) is 5.54 Å². The summed E-state index contributed by atoms with van der Waals surface area (Å²) in [6.45, 7) is 10.1. The lowest BCUT2D eigenvalue weighted by atomic mass is 10.0. The molecule has 0 aliphatic carbocycles. The molecule has 1 unspecified atom stereocenters. The zero-order valence-corrected chi connectivity index (χ0v) is 12.9. The minimum atomic E-state index is 0.233. The number of hydrogen-bond donors (Lipinski definition) is 1. The third kappa shape index (κ3) is 6.44. The summed E-state index contributed by atoms with van der Waals surface area (Å²) in [5, 5.41) is 6.55. The topological polar surface area (TPSA) is 12.0 Å². The maximum atomic E-state index is 6.09. The van der Waals surface area contributed by atoms with E-state index in [0.29, 0.717) is 0 Å². The molecule has 0 saturated carbocycles. The highest BCUT2D eigenvalue weighted by molar-refractivity contribution is 7.10. The average Bonchev–Trinajstić information content (AvgIpc) is 2.59. The Bertz CT molecular complexity index is 327. The molecule has 1 aromatic heterocycles. The molecule has 0 aliphatic heterocycles. The zero-order valence-electron chi connectivity index (χ0n) is 11.3. The fraction of sp³-hybridized carbons (Fsp3) is 0.714. The molecule has 0 aliphatic rings. The van der Waals surface area contributed by atoms with E-state index < -0.39 is 0 Å². The molecule has 1 nitrogen and oxygen atoms in total. The molecule has 1 rings (SSSR count). The first-order valence-corrected chi connectivity index (χ1v) is 7.61. The first-order valence-electron chi connectivity index (χ1n) is 6.35. The van der Waals surface area contributed by atoms with Gasteiger partial charge < -0.3 is 5.32 Å². The summed E-state index contributed by atoms with van der Waals surface area (Å²) in [6, 6.07) is 1.99. The van der Waals surface area contributed by atoms with Crippen molar-refractivity contribution in [2.24, 2.45) is 5.92 Å². The van der Waals surface area contributed by atoms with E-state index in [1.165, 1.54) is 17.7 Å². The molecule has 1 N–H and O–H groups in total. The predicted octanol–water partition coefficient (Wildman–Crippen LogP) is 4.75. The maximum absolute atomic E-state index is 6.09. The van der Waals surface area contributed by atoms with Crippen molar-refractivity contribution < 1.29 is 0 Å². The van der Waals surface area contributed by atoms with Gasteiger partial charge >= 0.3 is 0 Å². The zero-order chi connectivity index (χ0) is 12.9. The predicted molar refractivity (Wildman–Crippen MR) is 79.2 cm³/mol. The van der Waals surface area contributed by atoms with Gasteiger partial charge in [-0.2, -0.15) is 0 Å². The first-order chi connectivity index (χ1) is 7.88. The highest BCUT2D eigenvalue weighted by atomic mass is 35.5. The van der Waals surface area contributed by atoms with Crippen molar-refractivity contribution in [3.8, 4) is 0 Å². The number of aryl methyl sites for hydroxylation is 1. The summed E-state index contributed by atoms with van der Waals surface area (Å²) in [7, 11) is 0. The molecular weight excluding hydrogens is 250 g/mol. The summed E-state index contributed by atoms with van der Waals surface area (Å²) in [5.74, 6) is 0.753. The van der Waals surface area contributed by atoms with Gasteiger partial charge in [0.15, 0.2) is 0 Å². The van der Waals surface area contributed by atoms with Crippen LogP contribution in [0.2, 0.25) is 5.02 Å². The lowest BCUT2D eigenvalue weighted by Gasteiger charge is -2.21. The van der Waals surface area contributed by atoms with Crippen LogP contribution in [0.15, 0.2) is 11.4 Å². The fourth-order valence-corrected chi connectivity index (χ4v) is 2.87. The monoisotopic (exact) mass is 273 g/mol. The quantitative estimate of drug-likeness (QED) is 0.789. The van der Waals surface area contributed by atoms with Gasteiger partial charge in [-0.3, -0.25) is 0 Å². The molecule has 17 heavy (non-hydrogen) atoms. The Morgan fingerprint density at radius 3 is 2.59 bits per heavy atom. The second-order valence-corrected chi connectivity index (χ2v) is 7.21. The van der Waals surface area contributed by atoms with Crippen LogP contribution >= 0.6 is 22.9 Å². The van der Waals surface area contributed by atoms with Gasteiger partial charge in [-0.05, 0) is 63.9 Å². The van der Waals surface area contributed by atoms with Crippen molar-refractivity contribution in [2.75, 3.05) is 6.54 Å². The van der Waals surface area contributed by atoms with Crippen LogP contribution in [0, 0.1) is 5.92 Å². The van der Waals surface area contributed by atoms with Crippen LogP contribution in [0.4, 0.5) is 0 Å². The minimum absolute atomic E-state index is 0.233. The third-order valence-corrected chi connectivity index (χ3v) is 4.29. The molecule has 0 saturated heterocycles. The summed E-state index contributed by atoms with van der Waals surface area (Å²) in [6.07, 6.45) is 3.58. The van der Waals surface area contributed by atoms with Gasteiger partial charge in [-0.15, -0.1) is 11.3 Å². The summed E-state index contributed by atoms with van der Waals surface area (Å²) < 4.78 is 0. The SMILES string of the molecule is CC(CCNC(C)(C)C)CCc1sccc1Cl. The van der Waals surface area contributed by atoms with Crippen LogP contribution in [0.3, 0.4) is 0 Å². The molecule has 1 aromatic rings. The van der Waals surface area contributed by atoms with Crippen molar-refractivity contribution in [1.29, 1.82) is 0 Å². The molecule has 98 valence electrons. The van der Waals surface area contributed by atoms with Crippen molar-refractivity contribution >= 4 is 22.9 Å². The molecule has 3 heteroatoms. The lowest BCUT2D eigenvalue weighted by Crippen LogP contribution is -2.36. The smallest absolute Gasteiger partial charge is 0.0544 e. The summed E-state index contributed by atoms with van der Waals surface area (Å²) >= 11 is 7.86. The van der Waals surface area contributed by atoms with Crippen molar-refractivity contribution in [3.05, 3.63) is 21.3 Å². The Hall–Kier alpha value is -0.0500. The normalized spacial score (nSPS) is 13.9. The number of rotatable bonds is 6. The molecule has 1 atom stereocenters. The van der Waals surface area contributed by atoms with Gasteiger partial charge in [0.2, 0.25) is 0 Å². The van der Waals surface area contributed by atoms with Gasteiger partial charge in [0.25, 0.3) is 0 Å². The molecule has 0 aromatic carbocycles. The van der Waals surface area contributed by atoms with E-state index in [1.54, 1.807) is 11.3 Å². The molecule has 0 fully saturated rings. The van der Waals surface area contributed by atoms with E-state index in [1.807, 2.05) is 6.07 Å². The number of nitrogens with one attached hydrogen (secondary N) is 1. The molecule has 0 amide bonds. The Labute approximate surface area is 115 Å². The van der Waals surface area contributed by atoms with E-state index in [0.717, 1.165) is 23.9 Å². The molecule has 0 bridgehead atoms. The minimum Gasteiger partial charge on any atom is -0.312 e. The van der Waals surface area contributed by atoms with E-state index in [2.05, 4.69) is 38.4 Å². The standard InChI is InChI=1S/C14H24ClNS/c1-11(7-9-16-14(2,3)4)5-6-13-12(15)8-10-17-13/h8,10-11,16H,5-7,9H2,1-4H3. The lowest BCUT2D eigenvalue weighted by molar-refractivity contribution is 0.387. The number of thiophene rings is 1. The fourth-order valence-electron chi connectivity index (χ4n) is 1.72. The van der Waals surface area contributed by atoms with Gasteiger partial charge in [0.1, 0.15) is 0 Å². The van der Waals surface area contributed by atoms with E-state index in [9.17, 15) is 0 Å². The Morgan fingerprint density at radius 2 is 2.06 bits per heavy atom. The first kappa shape index (κ1) is 15.0. The van der Waals surface area contributed by atoms with Gasteiger partial charge in [0, 0.05) is 10.4 Å². The molecule has 0 radical (unpaired) electrons. The molecule has 1 heterocycles. The van der Waals surface area contributed by atoms with Crippen LogP contribution < -0.4 is 5.32 Å². The highest BCUT2D eigenvalue weighted by Crippen LogP contribution is 2.25. The average molecular weight is 274 g/mol. The Kier molecular flexibility index (Phi) is 5.98. The number of hydrogen-bond acceptors (Lipinski definition) is 2. The van der Waals surface area contributed by atoms with Crippen LogP contribution in [0.1, 0.15) is 45.4 Å². The second kappa shape index (κ2) is 6.77. The third-order valence-electron chi connectivity index (χ3n) is 2.85. The van der Waals surface area contributed by atoms with Crippen LogP contribution in [0.5, 0.6) is 0 Å². The van der Waals surface area contributed by atoms with E-state index >= 15 is 0 Å². The molecular formula is C14H24ClNS. The second-order valence-electron chi connectivity index (χ2n) is 5.80. The van der Waals surface area contributed by atoms with Gasteiger partial charge in [-0.1, -0.05) is 18.5 Å². The van der Waals surface area contributed by atoms with E-state index in [4.69, 9.17) is 11.6 Å². The summed E-state index contributed by atoms with van der Waals surface area (Å²) in [5.41, 5.74) is 0.233. The summed E-state index contributed by atoms with van der Waals surface area (Å²) in [4.78, 5) is 1.34. The highest BCUT2D eigenvalue weighted by Gasteiger charge is 2.10. The largest absolute Gasteiger partial charge is 0.312 e. The van der Waals surface area contributed by atoms with Crippen molar-refractivity contribution in [2.45, 2.75) is 52.5 Å². The maximum Gasteiger partial charge on any atom is 0.0544 e. The Balaban J connectivity index is 2.18. The van der Waals surface area contributed by atoms with Gasteiger partial charge in [0.05, 0.1) is 5.02 Å².